The fourth-order valence-electron chi connectivity index (χ4n) is 5.70. The number of nitrogens with one attached hydrogen (secondary N) is 1. The van der Waals surface area contributed by atoms with Gasteiger partial charge in [0.05, 0.1) is 5.54 Å². The van der Waals surface area contributed by atoms with Crippen LogP contribution in [0.1, 0.15) is 61.9 Å². The average molecular weight is 476 g/mol. The first-order valence-corrected chi connectivity index (χ1v) is 13.1. The van der Waals surface area contributed by atoms with Gasteiger partial charge in [-0.05, 0) is 93.8 Å². The molecule has 0 aromatic heterocycles. The van der Waals surface area contributed by atoms with Gasteiger partial charge in [-0.25, -0.2) is 4.79 Å². The zero-order chi connectivity index (χ0) is 24.4. The average Bonchev–Trinajstić information content (AvgIpc) is 2.89. The molecule has 1 atom stereocenters. The molecule has 4 aliphatic rings. The number of carbonyl (C=O) groups excluding carboxylic acids is 2. The molecule has 0 saturated carbocycles. The molecule has 0 radical (unpaired) electrons. The van der Waals surface area contributed by atoms with Crippen molar-refractivity contribution in [3.05, 3.63) is 59.7 Å². The molecule has 4 aliphatic heterocycles. The maximum atomic E-state index is 12.7. The summed E-state index contributed by atoms with van der Waals surface area (Å²) in [5, 5.41) is 3.07. The second-order valence-electron chi connectivity index (χ2n) is 10.8. The van der Waals surface area contributed by atoms with Crippen molar-refractivity contribution in [2.45, 2.75) is 57.6 Å². The molecule has 0 spiro atoms. The van der Waals surface area contributed by atoms with Crippen molar-refractivity contribution in [2.24, 2.45) is 5.92 Å². The van der Waals surface area contributed by atoms with Crippen LogP contribution in [-0.4, -0.2) is 60.6 Å². The predicted molar refractivity (Wildman–Crippen MR) is 137 cm³/mol. The van der Waals surface area contributed by atoms with E-state index in [4.69, 9.17) is 4.74 Å². The lowest BCUT2D eigenvalue weighted by molar-refractivity contribution is -0.0349. The molecule has 4 heterocycles. The van der Waals surface area contributed by atoms with Gasteiger partial charge in [0, 0.05) is 25.2 Å². The SMILES string of the molecule is CC(C)(NC(=O)OC1CN2CCC1CC2)c1ccc(-c2ccc(C(=O)N3CCCCC3)cc2)cc1. The number of nitrogens with zero attached hydrogens (tertiary/aromatic N) is 2. The molecular formula is C29H37N3O3. The molecular weight excluding hydrogens is 438 g/mol. The van der Waals surface area contributed by atoms with Crippen LogP contribution < -0.4 is 5.32 Å². The summed E-state index contributed by atoms with van der Waals surface area (Å²) in [5.74, 6) is 0.624. The summed E-state index contributed by atoms with van der Waals surface area (Å²) in [4.78, 5) is 29.8. The Kier molecular flexibility index (Phi) is 6.83. The first-order valence-electron chi connectivity index (χ1n) is 13.1. The number of amides is 2. The molecule has 6 heteroatoms. The van der Waals surface area contributed by atoms with Gasteiger partial charge in [0.15, 0.2) is 0 Å². The third-order valence-corrected chi connectivity index (χ3v) is 7.98. The molecule has 0 aliphatic carbocycles. The molecule has 4 saturated heterocycles. The number of fused-ring (bicyclic) bond motifs is 3. The van der Waals surface area contributed by atoms with Crippen LogP contribution in [0.5, 0.6) is 0 Å². The second-order valence-corrected chi connectivity index (χ2v) is 10.8. The monoisotopic (exact) mass is 475 g/mol. The summed E-state index contributed by atoms with van der Waals surface area (Å²) >= 11 is 0. The molecule has 2 amide bonds. The van der Waals surface area contributed by atoms with Crippen molar-refractivity contribution in [2.75, 3.05) is 32.7 Å². The third kappa shape index (κ3) is 5.37. The summed E-state index contributed by atoms with van der Waals surface area (Å²) in [7, 11) is 0. The highest BCUT2D eigenvalue weighted by atomic mass is 16.6. The third-order valence-electron chi connectivity index (χ3n) is 7.98. The van der Waals surface area contributed by atoms with E-state index >= 15 is 0 Å². The standard InChI is InChI=1S/C29H37N3O3/c1-29(2,30-28(34)35-26-20-31-18-14-23(26)15-19-31)25-12-10-22(11-13-25)21-6-8-24(9-7-21)27(33)32-16-4-3-5-17-32/h6-13,23,26H,3-5,14-20H2,1-2H3,(H,30,34). The molecule has 4 fully saturated rings. The quantitative estimate of drug-likeness (QED) is 0.659. The predicted octanol–water partition coefficient (Wildman–Crippen LogP) is 5.04. The number of benzene rings is 2. The number of ether oxygens (including phenoxy) is 1. The van der Waals surface area contributed by atoms with Gasteiger partial charge in [0.25, 0.3) is 5.91 Å². The number of hydrogen-bond acceptors (Lipinski definition) is 4. The number of rotatable bonds is 5. The topological polar surface area (TPSA) is 61.9 Å². The van der Waals surface area contributed by atoms with Crippen molar-refractivity contribution in [3.63, 3.8) is 0 Å². The van der Waals surface area contributed by atoms with Crippen molar-refractivity contribution in [3.8, 4) is 11.1 Å². The summed E-state index contributed by atoms with van der Waals surface area (Å²) < 4.78 is 5.83. The molecule has 35 heavy (non-hydrogen) atoms. The Morgan fingerprint density at radius 2 is 1.46 bits per heavy atom. The van der Waals surface area contributed by atoms with E-state index < -0.39 is 5.54 Å². The summed E-state index contributed by atoms with van der Waals surface area (Å²) in [6, 6.07) is 16.1. The normalized spacial score (nSPS) is 24.2. The van der Waals surface area contributed by atoms with Crippen LogP contribution in [0, 0.1) is 5.92 Å². The first-order chi connectivity index (χ1) is 16.9. The number of piperidine rings is 4. The molecule has 186 valence electrons. The highest BCUT2D eigenvalue weighted by Gasteiger charge is 2.37. The minimum absolute atomic E-state index is 0.000410. The summed E-state index contributed by atoms with van der Waals surface area (Å²) in [6.07, 6.45) is 5.31. The van der Waals surface area contributed by atoms with Crippen molar-refractivity contribution in [1.82, 2.24) is 15.1 Å². The largest absolute Gasteiger partial charge is 0.445 e. The van der Waals surface area contributed by atoms with Gasteiger partial charge < -0.3 is 15.0 Å². The summed E-state index contributed by atoms with van der Waals surface area (Å²) in [6.45, 7) is 8.83. The van der Waals surface area contributed by atoms with Crippen molar-refractivity contribution >= 4 is 12.0 Å². The van der Waals surface area contributed by atoms with Crippen LogP contribution >= 0.6 is 0 Å². The van der Waals surface area contributed by atoms with Gasteiger partial charge in [-0.1, -0.05) is 36.4 Å². The van der Waals surface area contributed by atoms with Gasteiger partial charge in [0.2, 0.25) is 0 Å². The number of carbonyl (C=O) groups is 2. The minimum Gasteiger partial charge on any atom is -0.445 e. The molecule has 2 bridgehead atoms. The zero-order valence-corrected chi connectivity index (χ0v) is 21.0. The lowest BCUT2D eigenvalue weighted by Gasteiger charge is -2.44. The first kappa shape index (κ1) is 23.9. The Morgan fingerprint density at radius 1 is 0.857 bits per heavy atom. The molecule has 2 aromatic rings. The van der Waals surface area contributed by atoms with Gasteiger partial charge in [0.1, 0.15) is 6.10 Å². The Hall–Kier alpha value is -2.86. The van der Waals surface area contributed by atoms with Gasteiger partial charge in [-0.2, -0.15) is 0 Å². The van der Waals surface area contributed by atoms with Crippen LogP contribution in [-0.2, 0) is 10.3 Å². The van der Waals surface area contributed by atoms with E-state index in [1.165, 1.54) is 6.42 Å². The Labute approximate surface area is 208 Å². The molecule has 1 unspecified atom stereocenters. The second kappa shape index (κ2) is 10.0. The minimum atomic E-state index is -0.547. The Bertz CT molecular complexity index is 1030. The van der Waals surface area contributed by atoms with E-state index in [0.717, 1.165) is 80.7 Å². The molecule has 6 rings (SSSR count). The van der Waals surface area contributed by atoms with Crippen LogP contribution in [0.3, 0.4) is 0 Å². The number of hydrogen-bond donors (Lipinski definition) is 1. The fourth-order valence-corrected chi connectivity index (χ4v) is 5.70. The van der Waals surface area contributed by atoms with Crippen LogP contribution in [0.2, 0.25) is 0 Å². The lowest BCUT2D eigenvalue weighted by Crippen LogP contribution is -2.53. The summed E-state index contributed by atoms with van der Waals surface area (Å²) in [5.41, 5.74) is 3.37. The van der Waals surface area contributed by atoms with Gasteiger partial charge in [-0.15, -0.1) is 0 Å². The van der Waals surface area contributed by atoms with Gasteiger partial charge in [-0.3, -0.25) is 9.69 Å². The van der Waals surface area contributed by atoms with E-state index in [-0.39, 0.29) is 18.1 Å². The van der Waals surface area contributed by atoms with E-state index in [0.29, 0.717) is 5.92 Å². The van der Waals surface area contributed by atoms with Crippen LogP contribution in [0.15, 0.2) is 48.5 Å². The Balaban J connectivity index is 1.20. The van der Waals surface area contributed by atoms with Crippen LogP contribution in [0.4, 0.5) is 4.79 Å². The van der Waals surface area contributed by atoms with Crippen LogP contribution in [0.25, 0.3) is 11.1 Å². The highest BCUT2D eigenvalue weighted by Crippen LogP contribution is 2.30. The fraction of sp³-hybridized carbons (Fsp3) is 0.517. The molecule has 2 aromatic carbocycles. The van der Waals surface area contributed by atoms with E-state index in [2.05, 4.69) is 34.5 Å². The van der Waals surface area contributed by atoms with E-state index in [9.17, 15) is 9.59 Å². The number of alkyl carbamates (subject to hydrolysis) is 1. The lowest BCUT2D eigenvalue weighted by atomic mass is 9.86. The smallest absolute Gasteiger partial charge is 0.408 e. The molecule has 1 N–H and O–H groups in total. The van der Waals surface area contributed by atoms with Crippen molar-refractivity contribution in [1.29, 1.82) is 0 Å². The zero-order valence-electron chi connectivity index (χ0n) is 21.0. The molecule has 6 nitrogen and oxygen atoms in total. The van der Waals surface area contributed by atoms with Gasteiger partial charge >= 0.3 is 6.09 Å². The van der Waals surface area contributed by atoms with E-state index in [1.54, 1.807) is 0 Å². The maximum Gasteiger partial charge on any atom is 0.408 e. The van der Waals surface area contributed by atoms with E-state index in [1.807, 2.05) is 43.0 Å². The number of likely N-dealkylation sites (tertiary alicyclic amines) is 1. The highest BCUT2D eigenvalue weighted by molar-refractivity contribution is 5.94. The maximum absolute atomic E-state index is 12.7. The van der Waals surface area contributed by atoms with Crippen molar-refractivity contribution < 1.29 is 14.3 Å². The Morgan fingerprint density at radius 3 is 2.03 bits per heavy atom.